The Bertz CT molecular complexity index is 751. The molecule has 1 N–H and O–H groups in total. The first-order chi connectivity index (χ1) is 12.2. The highest BCUT2D eigenvalue weighted by Gasteiger charge is 2.13. The number of hydrogen-bond acceptors (Lipinski definition) is 2. The molecule has 130 valence electrons. The van der Waals surface area contributed by atoms with Gasteiger partial charge in [-0.25, -0.2) is 0 Å². The lowest BCUT2D eigenvalue weighted by molar-refractivity contribution is -0.116. The van der Waals surface area contributed by atoms with E-state index in [1.807, 2.05) is 36.4 Å². The summed E-state index contributed by atoms with van der Waals surface area (Å²) in [5.74, 6) is -0.0771. The van der Waals surface area contributed by atoms with Gasteiger partial charge in [-0.05, 0) is 54.8 Å². The molecule has 0 unspecified atom stereocenters. The van der Waals surface area contributed by atoms with Gasteiger partial charge in [0.25, 0.3) is 0 Å². The summed E-state index contributed by atoms with van der Waals surface area (Å²) in [6.45, 7) is 3.88. The van der Waals surface area contributed by atoms with E-state index in [1.54, 1.807) is 6.08 Å². The second-order valence-corrected chi connectivity index (χ2v) is 7.18. The van der Waals surface area contributed by atoms with Gasteiger partial charge < -0.3 is 5.32 Å². The van der Waals surface area contributed by atoms with Gasteiger partial charge in [0.1, 0.15) is 0 Å². The number of benzene rings is 2. The lowest BCUT2D eigenvalue weighted by atomic mass is 10.1. The molecule has 25 heavy (non-hydrogen) atoms. The minimum Gasteiger partial charge on any atom is -0.348 e. The molecule has 0 aromatic heterocycles. The van der Waals surface area contributed by atoms with E-state index in [0.717, 1.165) is 16.6 Å². The van der Waals surface area contributed by atoms with Crippen LogP contribution < -0.4 is 5.32 Å². The molecule has 0 bridgehead atoms. The fourth-order valence-electron chi connectivity index (χ4n) is 3.08. The number of halogens is 1. The predicted molar refractivity (Wildman–Crippen MR) is 106 cm³/mol. The number of rotatable bonds is 6. The SMILES string of the molecule is O=C(/C=C/c1ccccc1Br)NCc1ccccc1CN1CCCC1. The Morgan fingerprint density at radius 1 is 1.04 bits per heavy atom. The van der Waals surface area contributed by atoms with Crippen molar-refractivity contribution in [3.8, 4) is 0 Å². The van der Waals surface area contributed by atoms with Crippen molar-refractivity contribution in [1.82, 2.24) is 10.2 Å². The summed E-state index contributed by atoms with van der Waals surface area (Å²) in [4.78, 5) is 14.6. The topological polar surface area (TPSA) is 32.3 Å². The third-order valence-electron chi connectivity index (χ3n) is 4.48. The van der Waals surface area contributed by atoms with E-state index in [9.17, 15) is 4.79 Å². The molecular weight excluding hydrogens is 376 g/mol. The first-order valence-electron chi connectivity index (χ1n) is 8.72. The van der Waals surface area contributed by atoms with Crippen molar-refractivity contribution in [2.75, 3.05) is 13.1 Å². The molecule has 0 radical (unpaired) electrons. The largest absolute Gasteiger partial charge is 0.348 e. The van der Waals surface area contributed by atoms with Crippen molar-refractivity contribution >= 4 is 27.9 Å². The Kier molecular flexibility index (Phi) is 6.42. The van der Waals surface area contributed by atoms with Gasteiger partial charge in [0.05, 0.1) is 0 Å². The highest BCUT2D eigenvalue weighted by atomic mass is 79.9. The Labute approximate surface area is 157 Å². The molecule has 1 amide bonds. The summed E-state index contributed by atoms with van der Waals surface area (Å²) in [5, 5.41) is 2.99. The van der Waals surface area contributed by atoms with Gasteiger partial charge in [-0.2, -0.15) is 0 Å². The fourth-order valence-corrected chi connectivity index (χ4v) is 3.50. The van der Waals surface area contributed by atoms with E-state index in [-0.39, 0.29) is 5.91 Å². The Morgan fingerprint density at radius 2 is 1.72 bits per heavy atom. The first kappa shape index (κ1) is 17.9. The lowest BCUT2D eigenvalue weighted by Gasteiger charge is -2.17. The smallest absolute Gasteiger partial charge is 0.244 e. The summed E-state index contributed by atoms with van der Waals surface area (Å²) in [6, 6.07) is 16.2. The van der Waals surface area contributed by atoms with Gasteiger partial charge in [-0.3, -0.25) is 9.69 Å². The lowest BCUT2D eigenvalue weighted by Crippen LogP contribution is -2.23. The van der Waals surface area contributed by atoms with Crippen LogP contribution in [0.15, 0.2) is 59.1 Å². The second kappa shape index (κ2) is 8.97. The number of amides is 1. The fraction of sp³-hybridized carbons (Fsp3) is 0.286. The van der Waals surface area contributed by atoms with Crippen molar-refractivity contribution in [2.24, 2.45) is 0 Å². The normalized spacial score (nSPS) is 14.9. The highest BCUT2D eigenvalue weighted by molar-refractivity contribution is 9.10. The molecule has 3 rings (SSSR count). The van der Waals surface area contributed by atoms with Crippen molar-refractivity contribution < 1.29 is 4.79 Å². The molecule has 1 saturated heterocycles. The molecule has 0 spiro atoms. The zero-order chi connectivity index (χ0) is 17.5. The van der Waals surface area contributed by atoms with Crippen molar-refractivity contribution in [3.63, 3.8) is 0 Å². The van der Waals surface area contributed by atoms with Gasteiger partial charge in [-0.15, -0.1) is 0 Å². The van der Waals surface area contributed by atoms with Crippen LogP contribution in [0.4, 0.5) is 0 Å². The van der Waals surface area contributed by atoms with Crippen molar-refractivity contribution in [2.45, 2.75) is 25.9 Å². The van der Waals surface area contributed by atoms with Crippen LogP contribution in [0, 0.1) is 0 Å². The molecule has 1 heterocycles. The maximum absolute atomic E-state index is 12.1. The van der Waals surface area contributed by atoms with E-state index >= 15 is 0 Å². The molecule has 4 heteroatoms. The number of carbonyl (C=O) groups is 1. The number of carbonyl (C=O) groups excluding carboxylic acids is 1. The van der Waals surface area contributed by atoms with Crippen LogP contribution in [0.3, 0.4) is 0 Å². The summed E-state index contributed by atoms with van der Waals surface area (Å²) in [6.07, 6.45) is 6.00. The van der Waals surface area contributed by atoms with Crippen LogP contribution in [-0.2, 0) is 17.9 Å². The molecule has 1 aliphatic rings. The Balaban J connectivity index is 1.57. The van der Waals surface area contributed by atoms with E-state index in [2.05, 4.69) is 44.3 Å². The third kappa shape index (κ3) is 5.28. The Hall–Kier alpha value is -1.91. The van der Waals surface area contributed by atoms with Gasteiger partial charge in [0, 0.05) is 23.6 Å². The van der Waals surface area contributed by atoms with Crippen LogP contribution in [0.2, 0.25) is 0 Å². The summed E-state index contributed by atoms with van der Waals surface area (Å²) in [7, 11) is 0. The zero-order valence-electron chi connectivity index (χ0n) is 14.2. The summed E-state index contributed by atoms with van der Waals surface area (Å²) in [5.41, 5.74) is 3.49. The molecular formula is C21H23BrN2O. The Morgan fingerprint density at radius 3 is 2.48 bits per heavy atom. The highest BCUT2D eigenvalue weighted by Crippen LogP contribution is 2.17. The maximum atomic E-state index is 12.1. The standard InChI is InChI=1S/C21H23BrN2O/c22-20-10-4-3-7-17(20)11-12-21(25)23-15-18-8-1-2-9-19(18)16-24-13-5-6-14-24/h1-4,7-12H,5-6,13-16H2,(H,23,25)/b12-11+. The number of likely N-dealkylation sites (tertiary alicyclic amines) is 1. The van der Waals surface area contributed by atoms with E-state index in [1.165, 1.54) is 37.1 Å². The monoisotopic (exact) mass is 398 g/mol. The average molecular weight is 399 g/mol. The molecule has 1 fully saturated rings. The minimum atomic E-state index is -0.0771. The number of nitrogens with zero attached hydrogens (tertiary/aromatic N) is 1. The van der Waals surface area contributed by atoms with Crippen LogP contribution in [0.25, 0.3) is 6.08 Å². The molecule has 0 atom stereocenters. The average Bonchev–Trinajstić information content (AvgIpc) is 3.13. The summed E-state index contributed by atoms with van der Waals surface area (Å²) < 4.78 is 0.981. The van der Waals surface area contributed by atoms with Crippen molar-refractivity contribution in [1.29, 1.82) is 0 Å². The third-order valence-corrected chi connectivity index (χ3v) is 5.21. The van der Waals surface area contributed by atoms with Gasteiger partial charge in [-0.1, -0.05) is 58.4 Å². The molecule has 2 aromatic rings. The van der Waals surface area contributed by atoms with Crippen molar-refractivity contribution in [3.05, 3.63) is 75.8 Å². The van der Waals surface area contributed by atoms with Crippen LogP contribution >= 0.6 is 15.9 Å². The zero-order valence-corrected chi connectivity index (χ0v) is 15.8. The van der Waals surface area contributed by atoms with E-state index in [0.29, 0.717) is 6.54 Å². The molecule has 3 nitrogen and oxygen atoms in total. The quantitative estimate of drug-likeness (QED) is 0.732. The van der Waals surface area contributed by atoms with E-state index < -0.39 is 0 Å². The molecule has 0 saturated carbocycles. The van der Waals surface area contributed by atoms with Gasteiger partial charge in [0.2, 0.25) is 5.91 Å². The minimum absolute atomic E-state index is 0.0771. The van der Waals surface area contributed by atoms with Crippen LogP contribution in [-0.4, -0.2) is 23.9 Å². The number of hydrogen-bond donors (Lipinski definition) is 1. The van der Waals surface area contributed by atoms with E-state index in [4.69, 9.17) is 0 Å². The first-order valence-corrected chi connectivity index (χ1v) is 9.51. The molecule has 2 aromatic carbocycles. The maximum Gasteiger partial charge on any atom is 0.244 e. The van der Waals surface area contributed by atoms with Crippen LogP contribution in [0.5, 0.6) is 0 Å². The number of nitrogens with one attached hydrogen (secondary N) is 1. The second-order valence-electron chi connectivity index (χ2n) is 6.32. The van der Waals surface area contributed by atoms with Gasteiger partial charge in [0.15, 0.2) is 0 Å². The van der Waals surface area contributed by atoms with Crippen LogP contribution in [0.1, 0.15) is 29.5 Å². The predicted octanol–water partition coefficient (Wildman–Crippen LogP) is 4.37. The molecule has 1 aliphatic heterocycles. The van der Waals surface area contributed by atoms with Gasteiger partial charge >= 0.3 is 0 Å². The molecule has 0 aliphatic carbocycles. The summed E-state index contributed by atoms with van der Waals surface area (Å²) >= 11 is 3.49.